The fourth-order valence-electron chi connectivity index (χ4n) is 6.39. The monoisotopic (exact) mass is 693 g/mol. The Morgan fingerprint density at radius 3 is 0.625 bits per heavy atom. The van der Waals surface area contributed by atoms with Gasteiger partial charge in [-0.25, -0.2) is 0 Å². The lowest BCUT2D eigenvalue weighted by molar-refractivity contribution is -0.131. The van der Waals surface area contributed by atoms with Gasteiger partial charge in [0.1, 0.15) is 0 Å². The summed E-state index contributed by atoms with van der Waals surface area (Å²) in [6.07, 6.45) is 1.40. The van der Waals surface area contributed by atoms with Crippen molar-refractivity contribution < 1.29 is 39.4 Å². The van der Waals surface area contributed by atoms with Crippen molar-refractivity contribution in [1.82, 2.24) is 0 Å². The minimum Gasteiger partial charge on any atom is -0.389 e. The van der Waals surface area contributed by atoms with Crippen molar-refractivity contribution in [1.29, 1.82) is 0 Å². The zero-order valence-electron chi connectivity index (χ0n) is 32.1. The third kappa shape index (κ3) is 14.3. The van der Waals surface area contributed by atoms with Gasteiger partial charge in [0.25, 0.3) is 0 Å². The highest BCUT2D eigenvalue weighted by Gasteiger charge is 2.36. The first-order valence-corrected chi connectivity index (χ1v) is 18.4. The van der Waals surface area contributed by atoms with Crippen LogP contribution in [0.15, 0.2) is 0 Å². The van der Waals surface area contributed by atoms with E-state index in [2.05, 4.69) is 55.4 Å². The van der Waals surface area contributed by atoms with Crippen molar-refractivity contribution in [2.45, 2.75) is 206 Å². The fraction of sp³-hybridized carbons (Fsp3) is 1.00. The lowest BCUT2D eigenvalue weighted by Crippen LogP contribution is -2.52. The molecule has 4 heterocycles. The summed E-state index contributed by atoms with van der Waals surface area (Å²) in [5.74, 6) is 1.91. The van der Waals surface area contributed by atoms with Crippen LogP contribution in [0, 0.1) is 23.7 Å². The maximum atomic E-state index is 9.50. The van der Waals surface area contributed by atoms with Crippen LogP contribution in [0.3, 0.4) is 0 Å². The molecule has 4 aliphatic rings. The highest BCUT2D eigenvalue weighted by atomic mass is 16.5. The largest absolute Gasteiger partial charge is 0.389 e. The van der Waals surface area contributed by atoms with Gasteiger partial charge in [-0.3, -0.25) is 0 Å². The standard InChI is InChI=1S/4C9H19NO2/c4*1-5(2)8-4-7(10)9(11)6(3)12-8/h4*5-9,11H,4,10H2,1-3H3/t6?,7-,8+,9+;6?,7-,8+,9-;6?,7-,8-,9+;6?,7-,8-,9-/m1010/s1. The number of hydrogen-bond donors (Lipinski definition) is 8. The van der Waals surface area contributed by atoms with Crippen LogP contribution < -0.4 is 22.9 Å². The van der Waals surface area contributed by atoms with Crippen LogP contribution in [-0.4, -0.2) is 118 Å². The van der Waals surface area contributed by atoms with Crippen molar-refractivity contribution in [2.75, 3.05) is 0 Å². The molecule has 4 saturated heterocycles. The molecule has 0 aliphatic carbocycles. The smallest absolute Gasteiger partial charge is 0.0950 e. The Morgan fingerprint density at radius 1 is 0.375 bits per heavy atom. The van der Waals surface area contributed by atoms with Gasteiger partial charge in [-0.2, -0.15) is 0 Å². The van der Waals surface area contributed by atoms with Crippen LogP contribution in [0.1, 0.15) is 109 Å². The molecule has 4 fully saturated rings. The lowest BCUT2D eigenvalue weighted by Gasteiger charge is -2.38. The molecule has 12 N–H and O–H groups in total. The van der Waals surface area contributed by atoms with E-state index in [-0.39, 0.29) is 73.0 Å². The topological polar surface area (TPSA) is 222 Å². The van der Waals surface area contributed by atoms with Crippen molar-refractivity contribution in [3.63, 3.8) is 0 Å². The molecule has 4 aliphatic heterocycles. The zero-order valence-corrected chi connectivity index (χ0v) is 32.1. The number of nitrogens with two attached hydrogens (primary N) is 4. The Labute approximate surface area is 291 Å². The molecular weight excluding hydrogens is 616 g/mol. The fourth-order valence-corrected chi connectivity index (χ4v) is 6.39. The van der Waals surface area contributed by atoms with Gasteiger partial charge in [0.05, 0.1) is 73.2 Å². The summed E-state index contributed by atoms with van der Waals surface area (Å²) in [5.41, 5.74) is 23.1. The third-order valence-electron chi connectivity index (χ3n) is 10.2. The Hall–Kier alpha value is -0.480. The molecule has 0 aromatic rings. The number of rotatable bonds is 4. The summed E-state index contributed by atoms with van der Waals surface area (Å²) in [6, 6.07) is -0.496. The molecule has 0 saturated carbocycles. The molecule has 0 aromatic heterocycles. The predicted molar refractivity (Wildman–Crippen MR) is 191 cm³/mol. The van der Waals surface area contributed by atoms with Crippen LogP contribution in [0.5, 0.6) is 0 Å². The van der Waals surface area contributed by atoms with E-state index < -0.39 is 24.4 Å². The molecule has 48 heavy (non-hydrogen) atoms. The first kappa shape index (κ1) is 45.5. The van der Waals surface area contributed by atoms with E-state index in [1.807, 2.05) is 27.7 Å². The second kappa shape index (κ2) is 21.1. The van der Waals surface area contributed by atoms with Crippen molar-refractivity contribution in [2.24, 2.45) is 46.6 Å². The van der Waals surface area contributed by atoms with E-state index in [1.165, 1.54) is 0 Å². The predicted octanol–water partition coefficient (Wildman–Crippen LogP) is 2.03. The summed E-state index contributed by atoms with van der Waals surface area (Å²) < 4.78 is 22.4. The Balaban J connectivity index is 0.000000320. The average Bonchev–Trinajstić information content (AvgIpc) is 2.99. The van der Waals surface area contributed by atoms with Gasteiger partial charge in [-0.05, 0) is 77.0 Å². The van der Waals surface area contributed by atoms with Gasteiger partial charge < -0.3 is 62.3 Å². The number of ether oxygens (including phenoxy) is 4. The normalized spacial score (nSPS) is 43.5. The Kier molecular flexibility index (Phi) is 20.1. The van der Waals surface area contributed by atoms with Gasteiger partial charge in [-0.15, -0.1) is 0 Å². The van der Waals surface area contributed by atoms with E-state index in [1.54, 1.807) is 0 Å². The second-order valence-electron chi connectivity index (χ2n) is 16.1. The molecule has 12 heteroatoms. The van der Waals surface area contributed by atoms with Gasteiger partial charge in [0.2, 0.25) is 0 Å². The van der Waals surface area contributed by atoms with Crippen molar-refractivity contribution in [3.05, 3.63) is 0 Å². The van der Waals surface area contributed by atoms with Crippen molar-refractivity contribution in [3.8, 4) is 0 Å². The van der Waals surface area contributed by atoms with Crippen molar-refractivity contribution >= 4 is 0 Å². The highest BCUT2D eigenvalue weighted by molar-refractivity contribution is 4.89. The number of hydrogen-bond acceptors (Lipinski definition) is 12. The minimum absolute atomic E-state index is 0.124. The average molecular weight is 693 g/mol. The summed E-state index contributed by atoms with van der Waals surface area (Å²) in [4.78, 5) is 0. The molecule has 16 atom stereocenters. The summed E-state index contributed by atoms with van der Waals surface area (Å²) in [7, 11) is 0. The summed E-state index contributed by atoms with van der Waals surface area (Å²) in [6.45, 7) is 24.4. The maximum absolute atomic E-state index is 9.50. The molecule has 0 radical (unpaired) electrons. The SMILES string of the molecule is CC(C)[C@@H]1C[C@@H](N)[C@@H](O)C(C)O1.CC(C)[C@@H]1C[C@H](N)[C@@H](O)C(C)O1.CC(C)[C@H]1C[C@@H](N)[C@@H](O)C(C)O1.CC(C)[C@H]1C[C@H](N)[C@@H](O)C(C)O1. The lowest BCUT2D eigenvalue weighted by atomic mass is 9.91. The minimum atomic E-state index is -0.500. The van der Waals surface area contributed by atoms with E-state index >= 15 is 0 Å². The highest BCUT2D eigenvalue weighted by Crippen LogP contribution is 2.26. The van der Waals surface area contributed by atoms with Crippen LogP contribution >= 0.6 is 0 Å². The second-order valence-corrected chi connectivity index (χ2v) is 16.1. The molecular formula is C36H76N4O8. The Bertz CT molecular complexity index is 686. The van der Waals surface area contributed by atoms with Crippen LogP contribution in [0.25, 0.3) is 0 Å². The molecule has 0 amide bonds. The summed E-state index contributed by atoms with van der Waals surface area (Å²) in [5, 5.41) is 38.0. The van der Waals surface area contributed by atoms with Gasteiger partial charge >= 0.3 is 0 Å². The van der Waals surface area contributed by atoms with Crippen LogP contribution in [0.4, 0.5) is 0 Å². The Morgan fingerprint density at radius 2 is 0.521 bits per heavy atom. The first-order valence-electron chi connectivity index (χ1n) is 18.4. The number of aliphatic hydroxyl groups excluding tert-OH is 4. The van der Waals surface area contributed by atoms with E-state index in [0.29, 0.717) is 23.7 Å². The molecule has 0 aromatic carbocycles. The molecule has 288 valence electrons. The number of aliphatic hydroxyl groups is 4. The molecule has 0 bridgehead atoms. The maximum Gasteiger partial charge on any atom is 0.0950 e. The van der Waals surface area contributed by atoms with E-state index in [9.17, 15) is 20.4 Å². The third-order valence-corrected chi connectivity index (χ3v) is 10.2. The summed E-state index contributed by atoms with van der Waals surface area (Å²) >= 11 is 0. The van der Waals surface area contributed by atoms with Crippen LogP contribution in [-0.2, 0) is 18.9 Å². The zero-order chi connectivity index (χ0) is 37.2. The van der Waals surface area contributed by atoms with E-state index in [4.69, 9.17) is 41.9 Å². The van der Waals surface area contributed by atoms with Crippen LogP contribution in [0.2, 0.25) is 0 Å². The quantitative estimate of drug-likeness (QED) is 0.212. The van der Waals surface area contributed by atoms with Gasteiger partial charge in [0, 0.05) is 24.2 Å². The van der Waals surface area contributed by atoms with Gasteiger partial charge in [-0.1, -0.05) is 55.4 Å². The molecule has 4 unspecified atom stereocenters. The van der Waals surface area contributed by atoms with E-state index in [0.717, 1.165) is 25.7 Å². The molecule has 12 nitrogen and oxygen atoms in total. The molecule has 4 rings (SSSR count). The van der Waals surface area contributed by atoms with Gasteiger partial charge in [0.15, 0.2) is 0 Å². The molecule has 0 spiro atoms. The first-order chi connectivity index (χ1) is 22.1.